The molecule has 4 nitrogen and oxygen atoms in total. The van der Waals surface area contributed by atoms with Crippen LogP contribution in [0.5, 0.6) is 0 Å². The van der Waals surface area contributed by atoms with E-state index in [1.54, 1.807) is 4.57 Å². The summed E-state index contributed by atoms with van der Waals surface area (Å²) in [5, 5.41) is 0.879. The van der Waals surface area contributed by atoms with Crippen LogP contribution >= 0.6 is 11.3 Å². The van der Waals surface area contributed by atoms with Gasteiger partial charge in [-0.1, -0.05) is 48.5 Å². The van der Waals surface area contributed by atoms with Crippen molar-refractivity contribution in [3.8, 4) is 5.69 Å². The molecular weight excluding hydrogens is 387 g/mol. The lowest BCUT2D eigenvalue weighted by Crippen LogP contribution is -2.38. The summed E-state index contributed by atoms with van der Waals surface area (Å²) < 4.78 is 17.6. The first-order valence-corrected chi connectivity index (χ1v) is 9.92. The Morgan fingerprint density at radius 2 is 1.52 bits per heavy atom. The van der Waals surface area contributed by atoms with E-state index < -0.39 is 11.5 Å². The summed E-state index contributed by atoms with van der Waals surface area (Å²) in [4.78, 5) is 26.7. The second-order valence-corrected chi connectivity index (χ2v) is 7.80. The van der Waals surface area contributed by atoms with E-state index in [0.29, 0.717) is 22.4 Å². The molecule has 29 heavy (non-hydrogen) atoms. The summed E-state index contributed by atoms with van der Waals surface area (Å²) in [5.41, 5.74) is 1.12. The van der Waals surface area contributed by atoms with Gasteiger partial charge in [0.15, 0.2) is 0 Å². The number of thiophene rings is 1. The molecule has 2 aromatic heterocycles. The van der Waals surface area contributed by atoms with Crippen LogP contribution in [0.15, 0.2) is 88.5 Å². The quantitative estimate of drug-likeness (QED) is 0.444. The van der Waals surface area contributed by atoms with Crippen LogP contribution in [0.2, 0.25) is 0 Å². The predicted molar refractivity (Wildman–Crippen MR) is 115 cm³/mol. The van der Waals surface area contributed by atoms with Gasteiger partial charge in [0.1, 0.15) is 10.5 Å². The third kappa shape index (κ3) is 2.89. The Labute approximate surface area is 168 Å². The van der Waals surface area contributed by atoms with Gasteiger partial charge in [-0.15, -0.1) is 11.3 Å². The normalized spacial score (nSPS) is 11.3. The Bertz CT molecular complexity index is 1470. The van der Waals surface area contributed by atoms with Gasteiger partial charge in [0.2, 0.25) is 0 Å². The highest BCUT2D eigenvalue weighted by Crippen LogP contribution is 2.31. The number of hydrogen-bond acceptors (Lipinski definition) is 3. The van der Waals surface area contributed by atoms with Gasteiger partial charge >= 0.3 is 5.69 Å². The molecule has 5 aromatic rings. The van der Waals surface area contributed by atoms with E-state index in [9.17, 15) is 14.0 Å². The van der Waals surface area contributed by atoms with E-state index in [4.69, 9.17) is 0 Å². The zero-order valence-corrected chi connectivity index (χ0v) is 16.0. The van der Waals surface area contributed by atoms with Crippen molar-refractivity contribution in [1.82, 2.24) is 9.13 Å². The molecule has 6 heteroatoms. The van der Waals surface area contributed by atoms with Crippen LogP contribution in [-0.2, 0) is 6.54 Å². The Morgan fingerprint density at radius 1 is 0.828 bits per heavy atom. The van der Waals surface area contributed by atoms with Crippen LogP contribution < -0.4 is 11.2 Å². The number of fused-ring (bicyclic) bond motifs is 3. The molecule has 5 rings (SSSR count). The van der Waals surface area contributed by atoms with Crippen LogP contribution in [0.3, 0.4) is 0 Å². The van der Waals surface area contributed by atoms with Crippen molar-refractivity contribution in [1.29, 1.82) is 0 Å². The summed E-state index contributed by atoms with van der Waals surface area (Å²) in [7, 11) is 0. The van der Waals surface area contributed by atoms with E-state index in [1.165, 1.54) is 35.6 Å². The smallest absolute Gasteiger partial charge is 0.287 e. The fourth-order valence-corrected chi connectivity index (χ4v) is 4.72. The molecule has 0 unspecified atom stereocenters. The van der Waals surface area contributed by atoms with Crippen LogP contribution in [-0.4, -0.2) is 9.13 Å². The molecule has 0 aliphatic rings. The van der Waals surface area contributed by atoms with Gasteiger partial charge in [-0.3, -0.25) is 9.36 Å². The zero-order valence-electron chi connectivity index (χ0n) is 15.2. The van der Waals surface area contributed by atoms with Crippen molar-refractivity contribution in [2.45, 2.75) is 6.54 Å². The molecule has 0 fully saturated rings. The molecule has 0 saturated heterocycles. The summed E-state index contributed by atoms with van der Waals surface area (Å²) in [6, 6.07) is 22.7. The molecule has 0 aliphatic heterocycles. The number of nitrogens with zero attached hydrogens (tertiary/aromatic N) is 2. The topological polar surface area (TPSA) is 44.0 Å². The largest absolute Gasteiger partial charge is 0.336 e. The fourth-order valence-electron chi connectivity index (χ4n) is 3.58. The van der Waals surface area contributed by atoms with Gasteiger partial charge in [0, 0.05) is 10.1 Å². The minimum absolute atomic E-state index is 0.332. The van der Waals surface area contributed by atoms with Crippen molar-refractivity contribution in [2.24, 2.45) is 0 Å². The number of halogens is 1. The molecule has 0 radical (unpaired) electrons. The van der Waals surface area contributed by atoms with E-state index in [2.05, 4.69) is 0 Å². The maximum Gasteiger partial charge on any atom is 0.336 e. The third-order valence-corrected chi connectivity index (χ3v) is 6.08. The monoisotopic (exact) mass is 402 g/mol. The lowest BCUT2D eigenvalue weighted by Gasteiger charge is -2.13. The molecule has 0 amide bonds. The first kappa shape index (κ1) is 17.6. The molecule has 3 aromatic carbocycles. The van der Waals surface area contributed by atoms with E-state index in [-0.39, 0.29) is 5.56 Å². The van der Waals surface area contributed by atoms with Crippen LogP contribution in [0, 0.1) is 5.82 Å². The van der Waals surface area contributed by atoms with E-state index in [1.807, 2.05) is 54.6 Å². The molecule has 0 aliphatic carbocycles. The number of benzene rings is 3. The average molecular weight is 402 g/mol. The second-order valence-electron chi connectivity index (χ2n) is 6.75. The molecule has 142 valence electrons. The van der Waals surface area contributed by atoms with Crippen molar-refractivity contribution in [3.63, 3.8) is 0 Å². The lowest BCUT2D eigenvalue weighted by atomic mass is 10.2. The molecule has 0 atom stereocenters. The van der Waals surface area contributed by atoms with Gasteiger partial charge < -0.3 is 0 Å². The van der Waals surface area contributed by atoms with Crippen LogP contribution in [0.4, 0.5) is 4.39 Å². The van der Waals surface area contributed by atoms with Gasteiger partial charge in [-0.2, -0.15) is 0 Å². The highest BCUT2D eigenvalue weighted by atomic mass is 32.1. The van der Waals surface area contributed by atoms with Gasteiger partial charge in [-0.05, 0) is 35.9 Å². The highest BCUT2D eigenvalue weighted by Gasteiger charge is 2.19. The SMILES string of the molecule is O=c1c2sc3ccccc3c2n(Cc2ccccc2)c(=O)n1-c1ccc(F)cc1. The minimum Gasteiger partial charge on any atom is -0.287 e. The standard InChI is InChI=1S/C23H15FN2O2S/c24-16-10-12-17(13-11-16)26-22(27)21-20(18-8-4-5-9-19(18)29-21)25(23(26)28)14-15-6-2-1-3-7-15/h1-13H,14H2. The summed E-state index contributed by atoms with van der Waals surface area (Å²) in [5.74, 6) is -0.422. The van der Waals surface area contributed by atoms with Crippen molar-refractivity contribution in [2.75, 3.05) is 0 Å². The molecule has 0 bridgehead atoms. The second kappa shape index (κ2) is 6.83. The Balaban J connectivity index is 1.90. The summed E-state index contributed by atoms with van der Waals surface area (Å²) >= 11 is 1.37. The molecular formula is C23H15FN2O2S. The van der Waals surface area contributed by atoms with Crippen molar-refractivity contribution < 1.29 is 4.39 Å². The van der Waals surface area contributed by atoms with Crippen molar-refractivity contribution in [3.05, 3.63) is 111 Å². The highest BCUT2D eigenvalue weighted by molar-refractivity contribution is 7.25. The van der Waals surface area contributed by atoms with Gasteiger partial charge in [0.05, 0.1) is 17.7 Å². The molecule has 0 spiro atoms. The first-order valence-electron chi connectivity index (χ1n) is 9.10. The number of rotatable bonds is 3. The average Bonchev–Trinajstić information content (AvgIpc) is 3.13. The van der Waals surface area contributed by atoms with Gasteiger partial charge in [-0.25, -0.2) is 13.8 Å². The fraction of sp³-hybridized carbons (Fsp3) is 0.0435. The summed E-state index contributed by atoms with van der Waals surface area (Å²) in [6.07, 6.45) is 0. The van der Waals surface area contributed by atoms with Gasteiger partial charge in [0.25, 0.3) is 5.56 Å². The molecule has 2 heterocycles. The van der Waals surface area contributed by atoms with E-state index in [0.717, 1.165) is 20.2 Å². The van der Waals surface area contributed by atoms with Crippen molar-refractivity contribution >= 4 is 31.6 Å². The number of hydrogen-bond donors (Lipinski definition) is 0. The van der Waals surface area contributed by atoms with Crippen LogP contribution in [0.1, 0.15) is 5.56 Å². The third-order valence-electron chi connectivity index (χ3n) is 4.93. The van der Waals surface area contributed by atoms with Crippen LogP contribution in [0.25, 0.3) is 26.0 Å². The molecule has 0 saturated carbocycles. The Morgan fingerprint density at radius 3 is 2.28 bits per heavy atom. The lowest BCUT2D eigenvalue weighted by molar-refractivity contribution is 0.626. The zero-order chi connectivity index (χ0) is 20.0. The predicted octanol–water partition coefficient (Wildman–Crippen LogP) is 4.55. The Hall–Kier alpha value is -3.51. The summed E-state index contributed by atoms with van der Waals surface area (Å²) in [6.45, 7) is 0.332. The maximum atomic E-state index is 13.5. The minimum atomic E-state index is -0.443. The maximum absolute atomic E-state index is 13.5. The molecule has 0 N–H and O–H groups in total. The number of aromatic nitrogens is 2. The van der Waals surface area contributed by atoms with E-state index >= 15 is 0 Å². The Kier molecular flexibility index (Phi) is 4.14. The first-order chi connectivity index (χ1) is 14.1.